The number of carbonyl (C=O) groups excluding carboxylic acids is 1. The second kappa shape index (κ2) is 7.73. The highest BCUT2D eigenvalue weighted by Gasteiger charge is 2.33. The van der Waals surface area contributed by atoms with Crippen LogP contribution in [0.4, 0.5) is 18.9 Å². The van der Waals surface area contributed by atoms with Crippen LogP contribution in [-0.4, -0.2) is 15.3 Å². The number of thioether (sulfide) groups is 1. The van der Waals surface area contributed by atoms with Gasteiger partial charge in [0.1, 0.15) is 11.1 Å². The van der Waals surface area contributed by atoms with Gasteiger partial charge in [-0.15, -0.1) is 0 Å². The fourth-order valence-corrected chi connectivity index (χ4v) is 3.27. The Morgan fingerprint density at radius 3 is 2.61 bits per heavy atom. The lowest BCUT2D eigenvalue weighted by Crippen LogP contribution is -2.17. The molecule has 0 radical (unpaired) electrons. The third-order valence-electron chi connectivity index (χ3n) is 3.90. The Hall–Kier alpha value is -2.70. The smallest absolute Gasteiger partial charge is 0.321 e. The van der Waals surface area contributed by atoms with Crippen LogP contribution in [0.1, 0.15) is 28.7 Å². The number of imidazole rings is 1. The highest BCUT2D eigenvalue weighted by Crippen LogP contribution is 2.33. The number of nitrogens with one attached hydrogen (secondary N) is 1. The zero-order valence-electron chi connectivity index (χ0n) is 14.3. The number of nitriles is 1. The average Bonchev–Trinajstić information content (AvgIpc) is 3.02. The Labute approximate surface area is 167 Å². The maximum Gasteiger partial charge on any atom is 0.417 e. The molecule has 1 aromatic carbocycles. The largest absolute Gasteiger partial charge is 0.417 e. The third-order valence-corrected chi connectivity index (χ3v) is 4.78. The van der Waals surface area contributed by atoms with Crippen molar-refractivity contribution in [1.82, 2.24) is 9.38 Å². The van der Waals surface area contributed by atoms with Crippen LogP contribution < -0.4 is 5.32 Å². The van der Waals surface area contributed by atoms with Crippen molar-refractivity contribution >= 4 is 40.6 Å². The molecule has 0 atom stereocenters. The number of rotatable bonds is 4. The Bertz CT molecular complexity index is 1090. The molecule has 5 nitrogen and oxygen atoms in total. The Morgan fingerprint density at radius 2 is 2.04 bits per heavy atom. The normalized spacial score (nSPS) is 11.4. The number of aryl methyl sites for hydroxylation is 1. The number of pyridine rings is 1. The first-order valence-corrected chi connectivity index (χ1v) is 9.19. The van der Waals surface area contributed by atoms with Crippen LogP contribution in [0.15, 0.2) is 41.4 Å². The van der Waals surface area contributed by atoms with E-state index in [0.717, 1.165) is 28.4 Å². The van der Waals surface area contributed by atoms with Crippen molar-refractivity contribution in [1.29, 1.82) is 5.26 Å². The molecule has 3 rings (SSSR count). The fraction of sp³-hybridized carbons (Fsp3) is 0.167. The predicted molar refractivity (Wildman–Crippen MR) is 100 cm³/mol. The van der Waals surface area contributed by atoms with Gasteiger partial charge in [-0.1, -0.05) is 18.5 Å². The molecule has 0 aliphatic carbocycles. The number of amides is 1. The van der Waals surface area contributed by atoms with Gasteiger partial charge in [0.15, 0.2) is 5.65 Å². The molecule has 0 unspecified atom stereocenters. The Kier molecular flexibility index (Phi) is 5.54. The lowest BCUT2D eigenvalue weighted by molar-refractivity contribution is -0.137. The van der Waals surface area contributed by atoms with Gasteiger partial charge in [0.05, 0.1) is 16.3 Å². The monoisotopic (exact) mass is 424 g/mol. The van der Waals surface area contributed by atoms with Crippen molar-refractivity contribution in [3.63, 3.8) is 0 Å². The number of hydrogen-bond acceptors (Lipinski definition) is 4. The fourth-order valence-electron chi connectivity index (χ4n) is 2.64. The molecule has 1 N–H and O–H groups in total. The summed E-state index contributed by atoms with van der Waals surface area (Å²) in [6, 6.07) is 7.28. The van der Waals surface area contributed by atoms with E-state index in [0.29, 0.717) is 22.7 Å². The topological polar surface area (TPSA) is 70.2 Å². The molecule has 0 saturated heterocycles. The second-order valence-electron chi connectivity index (χ2n) is 5.70. The molecule has 0 saturated carbocycles. The number of hydrogen-bond donors (Lipinski definition) is 1. The predicted octanol–water partition coefficient (Wildman–Crippen LogP) is 5.39. The van der Waals surface area contributed by atoms with E-state index in [9.17, 15) is 18.0 Å². The summed E-state index contributed by atoms with van der Waals surface area (Å²) in [5.41, 5.74) is -0.145. The first kappa shape index (κ1) is 20.0. The standard InChI is InChI=1S/C18H12ClF3N4OS/c1-2-14-15(17(27)24-11-3-5-12(6-4-11)28-9-23)26-8-10(18(20,21)22)7-13(19)16(26)25-14/h3-8H,2H2,1H3,(H,24,27). The van der Waals surface area contributed by atoms with Crippen LogP contribution in [-0.2, 0) is 12.6 Å². The van der Waals surface area contributed by atoms with Crippen LogP contribution in [0.3, 0.4) is 0 Å². The van der Waals surface area contributed by atoms with Gasteiger partial charge < -0.3 is 5.32 Å². The van der Waals surface area contributed by atoms with Crippen LogP contribution in [0.5, 0.6) is 0 Å². The zero-order valence-corrected chi connectivity index (χ0v) is 15.9. The van der Waals surface area contributed by atoms with Gasteiger partial charge in [-0.05, 0) is 48.5 Å². The maximum atomic E-state index is 13.1. The third kappa shape index (κ3) is 3.93. The van der Waals surface area contributed by atoms with Crippen LogP contribution in [0.25, 0.3) is 5.65 Å². The molecule has 0 bridgehead atoms. The molecule has 144 valence electrons. The number of halogens is 4. The summed E-state index contributed by atoms with van der Waals surface area (Å²) in [6.07, 6.45) is -3.47. The van der Waals surface area contributed by atoms with E-state index in [4.69, 9.17) is 16.9 Å². The summed E-state index contributed by atoms with van der Waals surface area (Å²) >= 11 is 6.95. The van der Waals surface area contributed by atoms with Crippen LogP contribution in [0.2, 0.25) is 5.02 Å². The number of thiocyanates is 1. The molecule has 0 aliphatic heterocycles. The van der Waals surface area contributed by atoms with Crippen molar-refractivity contribution in [2.24, 2.45) is 0 Å². The van der Waals surface area contributed by atoms with E-state index < -0.39 is 17.6 Å². The van der Waals surface area contributed by atoms with Gasteiger partial charge in [-0.2, -0.15) is 18.4 Å². The van der Waals surface area contributed by atoms with Gasteiger partial charge in [-0.25, -0.2) is 4.98 Å². The van der Waals surface area contributed by atoms with Gasteiger partial charge in [0.25, 0.3) is 5.91 Å². The number of nitrogens with zero attached hydrogens (tertiary/aromatic N) is 3. The van der Waals surface area contributed by atoms with Gasteiger partial charge >= 0.3 is 6.18 Å². The summed E-state index contributed by atoms with van der Waals surface area (Å²) in [4.78, 5) is 17.7. The molecular formula is C18H12ClF3N4OS. The SMILES string of the molecule is CCc1nc2c(Cl)cc(C(F)(F)F)cn2c1C(=O)Nc1ccc(SC#N)cc1. The van der Waals surface area contributed by atoms with Crippen molar-refractivity contribution in [2.45, 2.75) is 24.4 Å². The summed E-state index contributed by atoms with van der Waals surface area (Å²) in [5.74, 6) is -0.611. The number of carbonyl (C=O) groups is 1. The summed E-state index contributed by atoms with van der Waals surface area (Å²) < 4.78 is 40.5. The minimum absolute atomic E-state index is 0.0130. The van der Waals surface area contributed by atoms with E-state index in [1.807, 2.05) is 5.40 Å². The molecule has 1 amide bonds. The first-order valence-electron chi connectivity index (χ1n) is 7.99. The number of benzene rings is 1. The number of anilines is 1. The summed E-state index contributed by atoms with van der Waals surface area (Å²) in [7, 11) is 0. The minimum atomic E-state index is -4.61. The highest BCUT2D eigenvalue weighted by molar-refractivity contribution is 8.03. The van der Waals surface area contributed by atoms with E-state index in [1.54, 1.807) is 31.2 Å². The van der Waals surface area contributed by atoms with Crippen LogP contribution >= 0.6 is 23.4 Å². The quantitative estimate of drug-likeness (QED) is 0.450. The number of fused-ring (bicyclic) bond motifs is 1. The first-order chi connectivity index (χ1) is 13.2. The Morgan fingerprint density at radius 1 is 1.36 bits per heavy atom. The number of aromatic nitrogens is 2. The van der Waals surface area contributed by atoms with Crippen molar-refractivity contribution < 1.29 is 18.0 Å². The van der Waals surface area contributed by atoms with E-state index in [1.165, 1.54) is 0 Å². The molecule has 0 spiro atoms. The molecular weight excluding hydrogens is 413 g/mol. The molecule has 0 aliphatic rings. The van der Waals surface area contributed by atoms with Gasteiger partial charge in [0, 0.05) is 16.8 Å². The average molecular weight is 425 g/mol. The molecule has 0 fully saturated rings. The highest BCUT2D eigenvalue weighted by atomic mass is 35.5. The lowest BCUT2D eigenvalue weighted by atomic mass is 10.2. The zero-order chi connectivity index (χ0) is 20.5. The molecule has 28 heavy (non-hydrogen) atoms. The minimum Gasteiger partial charge on any atom is -0.321 e. The molecule has 10 heteroatoms. The molecule has 3 aromatic rings. The summed E-state index contributed by atoms with van der Waals surface area (Å²) in [6.45, 7) is 1.74. The van der Waals surface area contributed by atoms with E-state index in [-0.39, 0.29) is 16.4 Å². The second-order valence-corrected chi connectivity index (χ2v) is 6.97. The Balaban J connectivity index is 2.04. The molecule has 2 aromatic heterocycles. The van der Waals surface area contributed by atoms with Crippen molar-refractivity contribution in [3.8, 4) is 5.40 Å². The van der Waals surface area contributed by atoms with E-state index in [2.05, 4.69) is 10.3 Å². The summed E-state index contributed by atoms with van der Waals surface area (Å²) in [5, 5.41) is 13.0. The van der Waals surface area contributed by atoms with Gasteiger partial charge in [0.2, 0.25) is 0 Å². The molecule has 2 heterocycles. The van der Waals surface area contributed by atoms with Crippen LogP contribution in [0, 0.1) is 10.7 Å². The van der Waals surface area contributed by atoms with Gasteiger partial charge in [-0.3, -0.25) is 9.20 Å². The van der Waals surface area contributed by atoms with Crippen molar-refractivity contribution in [2.75, 3.05) is 5.32 Å². The lowest BCUT2D eigenvalue weighted by Gasteiger charge is -2.10. The van der Waals surface area contributed by atoms with E-state index >= 15 is 0 Å². The van der Waals surface area contributed by atoms with Crippen molar-refractivity contribution in [3.05, 3.63) is 58.5 Å². The maximum absolute atomic E-state index is 13.1. The number of alkyl halides is 3.